The van der Waals surface area contributed by atoms with Gasteiger partial charge in [0, 0.05) is 32.7 Å². The van der Waals surface area contributed by atoms with E-state index in [1.807, 2.05) is 92.7 Å². The van der Waals surface area contributed by atoms with E-state index in [1.165, 1.54) is 4.90 Å². The number of allylic oxidation sites excluding steroid dienone is 2. The number of halogens is 1. The van der Waals surface area contributed by atoms with Crippen molar-refractivity contribution in [1.29, 1.82) is 0 Å². The van der Waals surface area contributed by atoms with Crippen molar-refractivity contribution in [2.24, 2.45) is 22.7 Å². The number of carbonyl (C=O) groups is 3. The molecule has 2 bridgehead atoms. The van der Waals surface area contributed by atoms with Crippen molar-refractivity contribution in [1.82, 2.24) is 9.80 Å². The van der Waals surface area contributed by atoms with Gasteiger partial charge in [0.2, 0.25) is 11.8 Å². The van der Waals surface area contributed by atoms with Crippen LogP contribution in [0.25, 0.3) is 11.1 Å². The number of amides is 2. The topological polar surface area (TPSA) is 60.9 Å². The monoisotopic (exact) mass is 607 g/mol. The second-order valence-corrected chi connectivity index (χ2v) is 13.4. The molecule has 4 unspecified atom stereocenters. The lowest BCUT2D eigenvalue weighted by Crippen LogP contribution is -2.46. The van der Waals surface area contributed by atoms with Crippen LogP contribution in [0.15, 0.2) is 84.9 Å². The maximum absolute atomic E-state index is 14.4. The first kappa shape index (κ1) is 29.0. The van der Waals surface area contributed by atoms with Crippen LogP contribution < -0.4 is 4.90 Å². The Hall–Kier alpha value is -3.74. The molecule has 0 radical (unpaired) electrons. The highest BCUT2D eigenvalue weighted by Gasteiger charge is 2.78. The predicted molar refractivity (Wildman–Crippen MR) is 174 cm³/mol. The zero-order valence-corrected chi connectivity index (χ0v) is 26.1. The van der Waals surface area contributed by atoms with Crippen molar-refractivity contribution >= 4 is 46.0 Å². The van der Waals surface area contributed by atoms with Crippen LogP contribution in [0.4, 0.5) is 5.69 Å². The number of imide groups is 1. The normalized spacial score (nSPS) is 28.4. The van der Waals surface area contributed by atoms with E-state index in [9.17, 15) is 14.4 Å². The zero-order valence-electron chi connectivity index (χ0n) is 25.3. The molecule has 3 aromatic rings. The molecular formula is C37H38ClN3O3. The van der Waals surface area contributed by atoms with Gasteiger partial charge in [0.25, 0.3) is 0 Å². The molecule has 0 spiro atoms. The van der Waals surface area contributed by atoms with Crippen molar-refractivity contribution in [3.8, 4) is 0 Å². The number of Topliss-reactive ketones (excluding diaryl/α,β-unsaturated/α-hetero) is 1. The van der Waals surface area contributed by atoms with Gasteiger partial charge < -0.3 is 4.90 Å². The van der Waals surface area contributed by atoms with Gasteiger partial charge in [0.05, 0.1) is 33.4 Å². The average Bonchev–Trinajstić information content (AvgIpc) is 3.49. The molecule has 44 heavy (non-hydrogen) atoms. The van der Waals surface area contributed by atoms with E-state index in [2.05, 4.69) is 15.9 Å². The Morgan fingerprint density at radius 1 is 0.659 bits per heavy atom. The van der Waals surface area contributed by atoms with Crippen LogP contribution in [0.1, 0.15) is 37.8 Å². The summed E-state index contributed by atoms with van der Waals surface area (Å²) in [6.45, 7) is 8.87. The summed E-state index contributed by atoms with van der Waals surface area (Å²) in [4.78, 5) is 48.8. The fourth-order valence-corrected chi connectivity index (χ4v) is 8.87. The molecule has 7 heteroatoms. The number of ketones is 1. The molecule has 1 saturated carbocycles. The second kappa shape index (κ2) is 11.0. The molecule has 2 heterocycles. The van der Waals surface area contributed by atoms with E-state index < -0.39 is 22.7 Å². The standard InChI is InChI=1S/C37H38ClN3O3/c1-36-29(25-13-5-3-6-14-25)30(26-15-7-4-8-16-26)37(2,35(36)44)32-31(36)33(42)41(34(32)43)20-12-11-19-39-21-23-40(24-22-39)28-18-10-9-17-27(28)38/h3-10,13-18,31-32H,11-12,19-24H2,1-2H3. The number of carbonyl (C=O) groups excluding carboxylic acids is 3. The van der Waals surface area contributed by atoms with Gasteiger partial charge in [-0.2, -0.15) is 0 Å². The Labute approximate surface area is 264 Å². The molecule has 3 fully saturated rings. The number of unbranched alkanes of at least 4 members (excludes halogenated alkanes) is 1. The first-order chi connectivity index (χ1) is 21.3. The summed E-state index contributed by atoms with van der Waals surface area (Å²) in [7, 11) is 0. The van der Waals surface area contributed by atoms with Gasteiger partial charge in [-0.05, 0) is 67.6 Å². The van der Waals surface area contributed by atoms with Gasteiger partial charge in [-0.25, -0.2) is 0 Å². The molecular weight excluding hydrogens is 570 g/mol. The number of hydrogen-bond acceptors (Lipinski definition) is 5. The molecule has 226 valence electrons. The van der Waals surface area contributed by atoms with Gasteiger partial charge in [0.1, 0.15) is 0 Å². The van der Waals surface area contributed by atoms with E-state index in [4.69, 9.17) is 11.6 Å². The maximum atomic E-state index is 14.4. The van der Waals surface area contributed by atoms with Crippen molar-refractivity contribution in [2.75, 3.05) is 44.2 Å². The minimum atomic E-state index is -1.06. The highest BCUT2D eigenvalue weighted by atomic mass is 35.5. The van der Waals surface area contributed by atoms with E-state index in [-0.39, 0.29) is 17.6 Å². The number of likely N-dealkylation sites (tertiary alicyclic amines) is 1. The van der Waals surface area contributed by atoms with Crippen molar-refractivity contribution in [3.63, 3.8) is 0 Å². The lowest BCUT2D eigenvalue weighted by atomic mass is 9.63. The van der Waals surface area contributed by atoms with Crippen LogP contribution >= 0.6 is 11.6 Å². The van der Waals surface area contributed by atoms with E-state index in [0.717, 1.165) is 78.5 Å². The van der Waals surface area contributed by atoms with Crippen molar-refractivity contribution in [2.45, 2.75) is 26.7 Å². The Morgan fingerprint density at radius 2 is 1.14 bits per heavy atom. The summed E-state index contributed by atoms with van der Waals surface area (Å²) in [5, 5.41) is 0.783. The van der Waals surface area contributed by atoms with Gasteiger partial charge in [-0.3, -0.25) is 24.2 Å². The number of fused-ring (bicyclic) bond motifs is 5. The molecule has 0 aromatic heterocycles. The first-order valence-electron chi connectivity index (χ1n) is 15.8. The van der Waals surface area contributed by atoms with Gasteiger partial charge in [-0.1, -0.05) is 84.4 Å². The summed E-state index contributed by atoms with van der Waals surface area (Å²) >= 11 is 6.41. The van der Waals surface area contributed by atoms with Crippen LogP contribution in [0, 0.1) is 22.7 Å². The molecule has 2 aliphatic heterocycles. The third kappa shape index (κ3) is 4.21. The first-order valence-corrected chi connectivity index (χ1v) is 16.1. The number of benzene rings is 3. The number of rotatable bonds is 8. The summed E-state index contributed by atoms with van der Waals surface area (Å²) in [6.07, 6.45) is 1.64. The third-order valence-electron chi connectivity index (χ3n) is 10.7. The van der Waals surface area contributed by atoms with E-state index >= 15 is 0 Å². The molecule has 6 nitrogen and oxygen atoms in total. The minimum absolute atomic E-state index is 0.00464. The summed E-state index contributed by atoms with van der Waals surface area (Å²) < 4.78 is 0. The van der Waals surface area contributed by atoms with Crippen molar-refractivity contribution < 1.29 is 14.4 Å². The SMILES string of the molecule is CC12C(=O)C(C)(C(c3ccccc3)=C1c1ccccc1)C1C(=O)N(CCCCN3CCN(c4ccccc4Cl)CC3)C(=O)C12. The highest BCUT2D eigenvalue weighted by Crippen LogP contribution is 2.73. The quantitative estimate of drug-likeness (QED) is 0.230. The Bertz CT molecular complexity index is 1570. The lowest BCUT2D eigenvalue weighted by molar-refractivity contribution is -0.144. The Balaban J connectivity index is 1.07. The number of nitrogens with zero attached hydrogens (tertiary/aromatic N) is 3. The molecule has 2 amide bonds. The Kier molecular flexibility index (Phi) is 7.25. The molecule has 3 aromatic carbocycles. The molecule has 7 rings (SSSR count). The van der Waals surface area contributed by atoms with Crippen LogP contribution in [0.5, 0.6) is 0 Å². The molecule has 4 atom stereocenters. The minimum Gasteiger partial charge on any atom is -0.368 e. The third-order valence-corrected chi connectivity index (χ3v) is 11.0. The maximum Gasteiger partial charge on any atom is 0.234 e. The summed E-state index contributed by atoms with van der Waals surface area (Å²) in [5.41, 5.74) is 2.65. The number of para-hydroxylation sites is 1. The van der Waals surface area contributed by atoms with Gasteiger partial charge >= 0.3 is 0 Å². The average molecular weight is 608 g/mol. The lowest BCUT2D eigenvalue weighted by Gasteiger charge is -2.36. The number of piperazine rings is 1. The summed E-state index contributed by atoms with van der Waals surface area (Å²) in [5.74, 6) is -1.72. The van der Waals surface area contributed by atoms with E-state index in [1.54, 1.807) is 0 Å². The fraction of sp³-hybridized carbons (Fsp3) is 0.378. The summed E-state index contributed by atoms with van der Waals surface area (Å²) in [6, 6.07) is 27.8. The molecule has 0 N–H and O–H groups in total. The van der Waals surface area contributed by atoms with Crippen molar-refractivity contribution in [3.05, 3.63) is 101 Å². The smallest absolute Gasteiger partial charge is 0.234 e. The zero-order chi connectivity index (χ0) is 30.6. The molecule has 4 aliphatic rings. The number of hydrogen-bond donors (Lipinski definition) is 0. The van der Waals surface area contributed by atoms with Crippen LogP contribution in [0.2, 0.25) is 5.02 Å². The number of anilines is 1. The predicted octanol–water partition coefficient (Wildman–Crippen LogP) is 6.06. The second-order valence-electron chi connectivity index (χ2n) is 13.0. The van der Waals surface area contributed by atoms with Crippen LogP contribution in [0.3, 0.4) is 0 Å². The molecule has 2 aliphatic carbocycles. The molecule has 2 saturated heterocycles. The van der Waals surface area contributed by atoms with Crippen LogP contribution in [-0.4, -0.2) is 66.7 Å². The largest absolute Gasteiger partial charge is 0.368 e. The highest BCUT2D eigenvalue weighted by molar-refractivity contribution is 6.33. The van der Waals surface area contributed by atoms with Gasteiger partial charge in [-0.15, -0.1) is 0 Å². The fourth-order valence-electron chi connectivity index (χ4n) is 8.61. The van der Waals surface area contributed by atoms with E-state index in [0.29, 0.717) is 6.54 Å². The van der Waals surface area contributed by atoms with Crippen LogP contribution in [-0.2, 0) is 14.4 Å². The van der Waals surface area contributed by atoms with Gasteiger partial charge in [0.15, 0.2) is 5.78 Å². The Morgan fingerprint density at radius 3 is 1.66 bits per heavy atom.